The molecule has 7 nitrogen and oxygen atoms in total. The van der Waals surface area contributed by atoms with Crippen molar-refractivity contribution in [1.82, 2.24) is 9.55 Å². The summed E-state index contributed by atoms with van der Waals surface area (Å²) in [5.74, 6) is 1.07. The van der Waals surface area contributed by atoms with Crippen LogP contribution in [0.15, 0.2) is 97.1 Å². The van der Waals surface area contributed by atoms with E-state index in [0.29, 0.717) is 34.8 Å². The number of anilines is 1. The van der Waals surface area contributed by atoms with Crippen LogP contribution in [0.4, 0.5) is 5.95 Å². The molecule has 40 heavy (non-hydrogen) atoms. The molecule has 0 aliphatic rings. The van der Waals surface area contributed by atoms with E-state index in [4.69, 9.17) is 20.6 Å². The van der Waals surface area contributed by atoms with Crippen molar-refractivity contribution in [2.75, 3.05) is 12.8 Å². The van der Waals surface area contributed by atoms with E-state index >= 15 is 0 Å². The van der Waals surface area contributed by atoms with Gasteiger partial charge in [0.15, 0.2) is 0 Å². The first-order chi connectivity index (χ1) is 19.1. The Kier molecular flexibility index (Phi) is 7.12. The van der Waals surface area contributed by atoms with Crippen molar-refractivity contribution < 1.29 is 14.0 Å². The minimum atomic E-state index is -2.73. The van der Waals surface area contributed by atoms with Crippen LogP contribution in [0.3, 0.4) is 0 Å². The molecule has 0 saturated carbocycles. The number of aromatic nitrogens is 2. The number of rotatable bonds is 8. The molecule has 1 aromatic heterocycles. The van der Waals surface area contributed by atoms with E-state index in [-0.39, 0.29) is 5.04 Å². The number of amides is 1. The van der Waals surface area contributed by atoms with Gasteiger partial charge in [-0.15, -0.1) is 0 Å². The lowest BCUT2D eigenvalue weighted by Crippen LogP contribution is -2.68. The van der Waals surface area contributed by atoms with Crippen LogP contribution in [0.2, 0.25) is 5.04 Å². The molecule has 8 heteroatoms. The molecule has 4 N–H and O–H groups in total. The maximum Gasteiger partial charge on any atom is 0.319 e. The Morgan fingerprint density at radius 3 is 1.98 bits per heavy atom. The van der Waals surface area contributed by atoms with Crippen molar-refractivity contribution in [3.8, 4) is 11.5 Å². The van der Waals surface area contributed by atoms with Gasteiger partial charge in [-0.2, -0.15) is 0 Å². The number of nitrogens with zero attached hydrogens (tertiary/aromatic N) is 2. The van der Waals surface area contributed by atoms with Crippen LogP contribution in [-0.4, -0.2) is 30.9 Å². The van der Waals surface area contributed by atoms with Gasteiger partial charge >= 0.3 is 8.32 Å². The highest BCUT2D eigenvalue weighted by Crippen LogP contribution is 2.38. The number of hydrogen-bond acceptors (Lipinski definition) is 5. The SMILES string of the molecule is COc1cc(C(N)=O)cc2nc(N)n(Cc3ccc(O[Si](c4ccccc4)(c4ccccc4)C(C)(C)C)cc3)c12. The third kappa shape index (κ3) is 4.82. The van der Waals surface area contributed by atoms with Gasteiger partial charge in [-0.1, -0.05) is 93.6 Å². The normalized spacial score (nSPS) is 11.9. The number of carbonyl (C=O) groups excluding carboxylic acids is 1. The van der Waals surface area contributed by atoms with E-state index < -0.39 is 14.2 Å². The Balaban J connectivity index is 1.52. The zero-order valence-electron chi connectivity index (χ0n) is 23.2. The predicted octanol–water partition coefficient (Wildman–Crippen LogP) is 4.71. The fourth-order valence-electron chi connectivity index (χ4n) is 5.38. The van der Waals surface area contributed by atoms with Crippen LogP contribution in [0.5, 0.6) is 11.5 Å². The molecule has 1 heterocycles. The van der Waals surface area contributed by atoms with Crippen LogP contribution < -0.4 is 31.0 Å². The van der Waals surface area contributed by atoms with Gasteiger partial charge in [0, 0.05) is 5.56 Å². The van der Waals surface area contributed by atoms with Crippen LogP contribution in [0, 0.1) is 0 Å². The summed E-state index contributed by atoms with van der Waals surface area (Å²) in [6.45, 7) is 7.25. The number of methoxy groups -OCH3 is 1. The van der Waals surface area contributed by atoms with Gasteiger partial charge in [-0.3, -0.25) is 4.79 Å². The molecular formula is C32H34N4O3Si. The zero-order valence-corrected chi connectivity index (χ0v) is 24.2. The van der Waals surface area contributed by atoms with E-state index in [1.807, 2.05) is 41.0 Å². The van der Waals surface area contributed by atoms with Gasteiger partial charge < -0.3 is 25.2 Å². The molecule has 0 bridgehead atoms. The maximum atomic E-state index is 11.8. The molecule has 1 amide bonds. The Hall–Kier alpha value is -4.56. The lowest BCUT2D eigenvalue weighted by molar-refractivity contribution is 0.1000. The Morgan fingerprint density at radius 2 is 1.48 bits per heavy atom. The molecule has 4 aromatic carbocycles. The van der Waals surface area contributed by atoms with Crippen molar-refractivity contribution in [1.29, 1.82) is 0 Å². The van der Waals surface area contributed by atoms with E-state index in [2.05, 4.69) is 74.3 Å². The monoisotopic (exact) mass is 550 g/mol. The average Bonchev–Trinajstić information content (AvgIpc) is 3.26. The van der Waals surface area contributed by atoms with Crippen molar-refractivity contribution in [2.24, 2.45) is 5.73 Å². The van der Waals surface area contributed by atoms with Gasteiger partial charge in [0.1, 0.15) is 17.0 Å². The number of fused-ring (bicyclic) bond motifs is 1. The number of benzene rings is 4. The average molecular weight is 551 g/mol. The molecule has 0 spiro atoms. The summed E-state index contributed by atoms with van der Waals surface area (Å²) in [5.41, 5.74) is 14.4. The standard InChI is InChI=1S/C32H34N4O3Si/c1-32(2,3)40(25-11-7-5-8-12-25,26-13-9-6-10-14-26)39-24-17-15-22(16-18-24)21-36-29-27(35-31(36)34)19-23(30(33)37)20-28(29)38-4/h5-20H,21H2,1-4H3,(H2,33,37)(H2,34,35). The van der Waals surface area contributed by atoms with Gasteiger partial charge in [-0.05, 0) is 45.2 Å². The highest BCUT2D eigenvalue weighted by molar-refractivity contribution is 7.00. The van der Waals surface area contributed by atoms with Gasteiger partial charge in [0.05, 0.1) is 19.2 Å². The van der Waals surface area contributed by atoms with E-state index in [1.54, 1.807) is 19.2 Å². The highest BCUT2D eigenvalue weighted by atomic mass is 28.4. The van der Waals surface area contributed by atoms with Crippen molar-refractivity contribution >= 4 is 41.6 Å². The quantitative estimate of drug-likeness (QED) is 0.272. The maximum absolute atomic E-state index is 11.8. The summed E-state index contributed by atoms with van der Waals surface area (Å²) in [4.78, 5) is 16.2. The molecule has 0 aliphatic heterocycles. The second-order valence-corrected chi connectivity index (χ2v) is 15.1. The largest absolute Gasteiger partial charge is 0.534 e. The summed E-state index contributed by atoms with van der Waals surface area (Å²) in [6, 6.07) is 32.5. The zero-order chi connectivity index (χ0) is 28.5. The molecule has 0 radical (unpaired) electrons. The molecule has 0 saturated heterocycles. The van der Waals surface area contributed by atoms with Gasteiger partial charge in [0.25, 0.3) is 0 Å². The summed E-state index contributed by atoms with van der Waals surface area (Å²) >= 11 is 0. The third-order valence-electron chi connectivity index (χ3n) is 7.29. The van der Waals surface area contributed by atoms with Crippen LogP contribution >= 0.6 is 0 Å². The first-order valence-electron chi connectivity index (χ1n) is 13.2. The summed E-state index contributed by atoms with van der Waals surface area (Å²) < 4.78 is 14.6. The van der Waals surface area contributed by atoms with Crippen molar-refractivity contribution in [3.63, 3.8) is 0 Å². The Labute approximate surface area is 235 Å². The number of ether oxygens (including phenoxy) is 1. The number of primary amides is 1. The number of nitrogens with two attached hydrogens (primary N) is 2. The lowest BCUT2D eigenvalue weighted by Gasteiger charge is -2.43. The summed E-state index contributed by atoms with van der Waals surface area (Å²) in [6.07, 6.45) is 0. The molecule has 204 valence electrons. The van der Waals surface area contributed by atoms with Crippen LogP contribution in [-0.2, 0) is 6.54 Å². The number of carbonyl (C=O) groups is 1. The van der Waals surface area contributed by atoms with Crippen molar-refractivity contribution in [3.05, 3.63) is 108 Å². The number of hydrogen-bond donors (Lipinski definition) is 2. The Bertz CT molecular complexity index is 1600. The molecule has 0 fully saturated rings. The second kappa shape index (κ2) is 10.5. The minimum absolute atomic E-state index is 0.140. The lowest BCUT2D eigenvalue weighted by atomic mass is 10.1. The van der Waals surface area contributed by atoms with Crippen LogP contribution in [0.1, 0.15) is 36.7 Å². The molecule has 0 aliphatic carbocycles. The predicted molar refractivity (Wildman–Crippen MR) is 163 cm³/mol. The van der Waals surface area contributed by atoms with Gasteiger partial charge in [-0.25, -0.2) is 4.98 Å². The van der Waals surface area contributed by atoms with Crippen LogP contribution in [0.25, 0.3) is 11.0 Å². The first kappa shape index (κ1) is 27.0. The van der Waals surface area contributed by atoms with E-state index in [1.165, 1.54) is 10.4 Å². The molecular weight excluding hydrogens is 516 g/mol. The smallest absolute Gasteiger partial charge is 0.319 e. The summed E-state index contributed by atoms with van der Waals surface area (Å²) in [5, 5.41) is 2.30. The topological polar surface area (TPSA) is 105 Å². The molecule has 5 aromatic rings. The van der Waals surface area contributed by atoms with E-state index in [9.17, 15) is 4.79 Å². The minimum Gasteiger partial charge on any atom is -0.534 e. The first-order valence-corrected chi connectivity index (χ1v) is 15.1. The number of imidazole rings is 1. The molecule has 0 unspecified atom stereocenters. The van der Waals surface area contributed by atoms with Gasteiger partial charge in [0.2, 0.25) is 11.9 Å². The summed E-state index contributed by atoms with van der Waals surface area (Å²) in [7, 11) is -1.19. The molecule has 0 atom stereocenters. The highest BCUT2D eigenvalue weighted by Gasteiger charge is 2.52. The fraction of sp³-hybridized carbons (Fsp3) is 0.188. The Morgan fingerprint density at radius 1 is 0.900 bits per heavy atom. The fourth-order valence-corrected chi connectivity index (χ4v) is 9.80. The third-order valence-corrected chi connectivity index (χ3v) is 12.2. The van der Waals surface area contributed by atoms with E-state index in [0.717, 1.165) is 11.3 Å². The van der Waals surface area contributed by atoms with Crippen molar-refractivity contribution in [2.45, 2.75) is 32.4 Å². The number of nitrogen functional groups attached to an aromatic ring is 1. The molecule has 5 rings (SSSR count). The second-order valence-electron chi connectivity index (χ2n) is 10.9.